The first-order valence-corrected chi connectivity index (χ1v) is 12.7. The van der Waals surface area contributed by atoms with E-state index in [2.05, 4.69) is 38.8 Å². The highest BCUT2D eigenvalue weighted by molar-refractivity contribution is 9.25. The van der Waals surface area contributed by atoms with Gasteiger partial charge < -0.3 is 15.3 Å². The zero-order chi connectivity index (χ0) is 22.9. The molecule has 0 aliphatic heterocycles. The third-order valence-electron chi connectivity index (χ3n) is 9.34. The summed E-state index contributed by atoms with van der Waals surface area (Å²) in [7, 11) is 0. The lowest BCUT2D eigenvalue weighted by Gasteiger charge is -2.59. The standard InChI is InChI=1S/C23H28Br2O6/c1-21-7-5-14-12(4-3-11-9-15(26)17(29)18(30)22(11,14)2)13(21)6-8-23(21,10-16(27)28)19(31)20(24)25/h9,12-14,20,29-30H,3-8,10H2,1-2H3,(H,27,28)/t12-,13-,14-,21-,22-,23-/m0/s1. The lowest BCUT2D eigenvalue weighted by atomic mass is 9.45. The fourth-order valence-electron chi connectivity index (χ4n) is 7.75. The Morgan fingerprint density at radius 1 is 1.13 bits per heavy atom. The van der Waals surface area contributed by atoms with Crippen LogP contribution in [0.3, 0.4) is 0 Å². The van der Waals surface area contributed by atoms with Crippen molar-refractivity contribution < 1.29 is 29.7 Å². The van der Waals surface area contributed by atoms with Crippen molar-refractivity contribution in [1.82, 2.24) is 0 Å². The number of aliphatic carboxylic acids is 1. The molecular weight excluding hydrogens is 532 g/mol. The summed E-state index contributed by atoms with van der Waals surface area (Å²) in [6, 6.07) is 0. The molecule has 6 atom stereocenters. The molecule has 0 amide bonds. The van der Waals surface area contributed by atoms with Crippen LogP contribution < -0.4 is 0 Å². The van der Waals surface area contributed by atoms with Crippen LogP contribution in [0.2, 0.25) is 0 Å². The number of allylic oxidation sites excluding steroid dienone is 2. The average molecular weight is 560 g/mol. The summed E-state index contributed by atoms with van der Waals surface area (Å²) < 4.78 is -0.598. The largest absolute Gasteiger partial charge is 0.507 e. The van der Waals surface area contributed by atoms with Gasteiger partial charge in [-0.2, -0.15) is 0 Å². The van der Waals surface area contributed by atoms with Crippen molar-refractivity contribution in [2.45, 2.75) is 62.5 Å². The van der Waals surface area contributed by atoms with Gasteiger partial charge in [-0.1, -0.05) is 44.4 Å². The minimum atomic E-state index is -0.963. The molecule has 0 aromatic rings. The minimum Gasteiger partial charge on any atom is -0.507 e. The van der Waals surface area contributed by atoms with Crippen LogP contribution in [0.4, 0.5) is 0 Å². The number of Topliss-reactive ketones (excluding diaryl/α,β-unsaturated/α-hetero) is 1. The van der Waals surface area contributed by atoms with Gasteiger partial charge in [-0.25, -0.2) is 0 Å². The Labute approximate surface area is 198 Å². The molecule has 4 aliphatic rings. The minimum absolute atomic E-state index is 0.0280. The van der Waals surface area contributed by atoms with Crippen LogP contribution in [0.5, 0.6) is 0 Å². The van der Waals surface area contributed by atoms with E-state index in [1.165, 1.54) is 6.08 Å². The lowest BCUT2D eigenvalue weighted by molar-refractivity contribution is -0.154. The van der Waals surface area contributed by atoms with Gasteiger partial charge in [0.2, 0.25) is 11.5 Å². The summed E-state index contributed by atoms with van der Waals surface area (Å²) in [5, 5.41) is 30.8. The van der Waals surface area contributed by atoms with Crippen LogP contribution in [0.1, 0.15) is 58.8 Å². The molecule has 4 rings (SSSR count). The predicted molar refractivity (Wildman–Crippen MR) is 121 cm³/mol. The number of hydrogen-bond donors (Lipinski definition) is 3. The third-order valence-corrected chi connectivity index (χ3v) is 10.2. The van der Waals surface area contributed by atoms with Crippen LogP contribution in [-0.2, 0) is 14.4 Å². The van der Waals surface area contributed by atoms with Crippen LogP contribution in [0.15, 0.2) is 23.2 Å². The van der Waals surface area contributed by atoms with Gasteiger partial charge in [0, 0.05) is 5.41 Å². The second-order valence-electron chi connectivity index (χ2n) is 10.2. The van der Waals surface area contributed by atoms with Crippen LogP contribution in [0, 0.1) is 34.0 Å². The predicted octanol–water partition coefficient (Wildman–Crippen LogP) is 5.21. The number of rotatable bonds is 4. The Kier molecular flexibility index (Phi) is 5.52. The number of aliphatic hydroxyl groups is 2. The van der Waals surface area contributed by atoms with Crippen molar-refractivity contribution >= 4 is 49.4 Å². The second-order valence-corrected chi connectivity index (χ2v) is 13.2. The number of fused-ring (bicyclic) bond motifs is 5. The van der Waals surface area contributed by atoms with E-state index in [1.807, 2.05) is 6.92 Å². The van der Waals surface area contributed by atoms with E-state index in [-0.39, 0.29) is 35.7 Å². The Morgan fingerprint density at radius 2 is 1.77 bits per heavy atom. The van der Waals surface area contributed by atoms with Gasteiger partial charge in [0.15, 0.2) is 5.78 Å². The van der Waals surface area contributed by atoms with E-state index >= 15 is 0 Å². The quantitative estimate of drug-likeness (QED) is 0.407. The van der Waals surface area contributed by atoms with Crippen molar-refractivity contribution in [1.29, 1.82) is 0 Å². The van der Waals surface area contributed by atoms with E-state index in [1.54, 1.807) is 0 Å². The van der Waals surface area contributed by atoms with Gasteiger partial charge in [0.05, 0.1) is 11.8 Å². The first-order valence-electron chi connectivity index (χ1n) is 10.8. The summed E-state index contributed by atoms with van der Waals surface area (Å²) in [5.74, 6) is -2.07. The molecule has 31 heavy (non-hydrogen) atoms. The van der Waals surface area contributed by atoms with Gasteiger partial charge in [-0.15, -0.1) is 0 Å². The Balaban J connectivity index is 1.76. The Bertz CT molecular complexity index is 923. The normalized spacial score (nSPS) is 42.0. The van der Waals surface area contributed by atoms with Crippen LogP contribution in [0.25, 0.3) is 0 Å². The molecular formula is C23H28Br2O6. The van der Waals surface area contributed by atoms with Crippen molar-refractivity contribution in [3.8, 4) is 0 Å². The lowest BCUT2D eigenvalue weighted by Crippen LogP contribution is -2.56. The number of halogens is 2. The van der Waals surface area contributed by atoms with Crippen molar-refractivity contribution in [3.63, 3.8) is 0 Å². The number of carbonyl (C=O) groups excluding carboxylic acids is 2. The smallest absolute Gasteiger partial charge is 0.304 e. The maximum absolute atomic E-state index is 13.4. The fraction of sp³-hybridized carbons (Fsp3) is 0.696. The van der Waals surface area contributed by atoms with Gasteiger partial charge in [0.1, 0.15) is 9.50 Å². The Morgan fingerprint density at radius 3 is 2.39 bits per heavy atom. The van der Waals surface area contributed by atoms with E-state index in [9.17, 15) is 29.7 Å². The molecule has 0 aromatic carbocycles. The number of hydrogen-bond acceptors (Lipinski definition) is 5. The zero-order valence-corrected chi connectivity index (χ0v) is 20.8. The monoisotopic (exact) mass is 558 g/mol. The topological polar surface area (TPSA) is 112 Å². The Hall–Kier alpha value is -1.15. The summed E-state index contributed by atoms with van der Waals surface area (Å²) >= 11 is 6.65. The molecule has 170 valence electrons. The number of alkyl halides is 2. The molecule has 0 spiro atoms. The molecule has 3 fully saturated rings. The molecule has 3 N–H and O–H groups in total. The van der Waals surface area contributed by atoms with Gasteiger partial charge >= 0.3 is 5.97 Å². The first-order chi connectivity index (χ1) is 14.4. The molecule has 8 heteroatoms. The van der Waals surface area contributed by atoms with E-state index in [4.69, 9.17) is 0 Å². The van der Waals surface area contributed by atoms with Crippen molar-refractivity contribution in [3.05, 3.63) is 23.2 Å². The number of carbonyl (C=O) groups is 3. The van der Waals surface area contributed by atoms with Crippen molar-refractivity contribution in [2.75, 3.05) is 0 Å². The molecule has 4 aliphatic carbocycles. The van der Waals surface area contributed by atoms with Gasteiger partial charge in [0.25, 0.3) is 0 Å². The highest BCUT2D eigenvalue weighted by Gasteiger charge is 2.68. The third kappa shape index (κ3) is 2.96. The molecule has 0 aromatic heterocycles. The molecule has 0 saturated heterocycles. The molecule has 6 nitrogen and oxygen atoms in total. The molecule has 3 saturated carbocycles. The highest BCUT2D eigenvalue weighted by Crippen LogP contribution is 2.71. The van der Waals surface area contributed by atoms with Gasteiger partial charge in [-0.05, 0) is 74.7 Å². The van der Waals surface area contributed by atoms with Gasteiger partial charge in [-0.3, -0.25) is 14.4 Å². The maximum atomic E-state index is 13.4. The van der Waals surface area contributed by atoms with Crippen LogP contribution in [-0.4, -0.2) is 36.6 Å². The van der Waals surface area contributed by atoms with E-state index in [0.717, 1.165) is 18.4 Å². The second kappa shape index (κ2) is 7.44. The molecule has 0 bridgehead atoms. The average Bonchev–Trinajstić information content (AvgIpc) is 2.99. The van der Waals surface area contributed by atoms with E-state index < -0.39 is 37.5 Å². The summed E-state index contributed by atoms with van der Waals surface area (Å²) in [6.45, 7) is 3.99. The summed E-state index contributed by atoms with van der Waals surface area (Å²) in [6.07, 6.45) is 5.41. The summed E-state index contributed by atoms with van der Waals surface area (Å²) in [4.78, 5) is 37.3. The van der Waals surface area contributed by atoms with Crippen LogP contribution >= 0.6 is 31.9 Å². The van der Waals surface area contributed by atoms with Crippen molar-refractivity contribution in [2.24, 2.45) is 34.0 Å². The SMILES string of the molecule is C[C@@]12C(=CC(=O)C(O)=C1O)CC[C@@H]1[C@@H]2CC[C@@]2(C)[C@H]1CC[C@]2(CC(=O)O)C(=O)C(Br)Br. The first kappa shape index (κ1) is 23.0. The molecule has 0 unspecified atom stereocenters. The number of carboxylic acid groups (broad SMARTS) is 1. The zero-order valence-electron chi connectivity index (χ0n) is 17.7. The molecule has 0 heterocycles. The fourth-order valence-corrected chi connectivity index (χ4v) is 8.63. The summed E-state index contributed by atoms with van der Waals surface area (Å²) in [5.41, 5.74) is -1.35. The number of aliphatic hydroxyl groups excluding tert-OH is 2. The molecule has 0 radical (unpaired) electrons. The number of ketones is 2. The maximum Gasteiger partial charge on any atom is 0.304 e. The van der Waals surface area contributed by atoms with E-state index in [0.29, 0.717) is 25.7 Å². The highest BCUT2D eigenvalue weighted by atomic mass is 79.9. The number of carboxylic acids is 1.